The molecule has 3 aliphatic rings. The fraction of sp³-hybridized carbons (Fsp3) is 0.344. The third kappa shape index (κ3) is 4.16. The Labute approximate surface area is 257 Å². The highest BCUT2D eigenvalue weighted by Crippen LogP contribution is 2.61. The number of likely N-dealkylation sites (tertiary alicyclic amines) is 1. The second-order valence-corrected chi connectivity index (χ2v) is 13.6. The van der Waals surface area contributed by atoms with E-state index in [1.165, 1.54) is 18.2 Å². The number of aromatic carboxylic acids is 1. The van der Waals surface area contributed by atoms with Gasteiger partial charge in [0.1, 0.15) is 18.0 Å². The monoisotopic (exact) mass is 622 g/mol. The minimum atomic E-state index is -1.29. The number of nitrogens with one attached hydrogen (secondary N) is 1. The first kappa shape index (κ1) is 28.1. The van der Waals surface area contributed by atoms with Crippen LogP contribution in [-0.4, -0.2) is 50.9 Å². The number of carboxylic acids is 1. The van der Waals surface area contributed by atoms with E-state index in [0.717, 1.165) is 5.56 Å². The number of carbonyl (C=O) groups excluding carboxylic acids is 1. The summed E-state index contributed by atoms with van der Waals surface area (Å²) in [5, 5.41) is 18.5. The van der Waals surface area contributed by atoms with Crippen molar-refractivity contribution in [1.29, 1.82) is 0 Å². The first-order chi connectivity index (χ1) is 20.4. The lowest BCUT2D eigenvalue weighted by atomic mass is 9.71. The number of benzene rings is 3. The Morgan fingerprint density at radius 3 is 2.72 bits per heavy atom. The predicted molar refractivity (Wildman–Crippen MR) is 162 cm³/mol. The molecule has 1 amide bonds. The Morgan fingerprint density at radius 2 is 1.98 bits per heavy atom. The number of amides is 1. The van der Waals surface area contributed by atoms with Crippen molar-refractivity contribution in [3.05, 3.63) is 87.2 Å². The smallest absolute Gasteiger partial charge is 0.335 e. The Bertz CT molecular complexity index is 1840. The molecule has 0 unspecified atom stereocenters. The third-order valence-electron chi connectivity index (χ3n) is 8.89. The molecule has 222 valence electrons. The molecule has 0 aliphatic carbocycles. The van der Waals surface area contributed by atoms with Gasteiger partial charge in [0.2, 0.25) is 11.8 Å². The number of ether oxygens (including phenoxy) is 1. The van der Waals surface area contributed by atoms with Crippen molar-refractivity contribution in [2.75, 3.05) is 18.5 Å². The minimum absolute atomic E-state index is 0.0233. The summed E-state index contributed by atoms with van der Waals surface area (Å²) in [6.07, 6.45) is 0. The number of rotatable bonds is 3. The highest BCUT2D eigenvalue weighted by molar-refractivity contribution is 6.31. The van der Waals surface area contributed by atoms with Gasteiger partial charge in [-0.3, -0.25) is 9.69 Å². The van der Waals surface area contributed by atoms with E-state index in [0.29, 0.717) is 46.1 Å². The lowest BCUT2D eigenvalue weighted by Gasteiger charge is -2.42. The normalized spacial score (nSPS) is 24.8. The van der Waals surface area contributed by atoms with Crippen LogP contribution in [0.1, 0.15) is 48.2 Å². The van der Waals surface area contributed by atoms with Gasteiger partial charge in [0.15, 0.2) is 0 Å². The SMILES string of the molecule is CC(C)(C)CN1[C@H]2COc3c4ccc(C(=O)O)cc4nn3C[C@H]2[C@H](c2cccc(Cl)c2F)[C@]12C(=O)Nc1cc(Cl)ccc12. The summed E-state index contributed by atoms with van der Waals surface area (Å²) in [7, 11) is 0. The van der Waals surface area contributed by atoms with Crippen LogP contribution in [0, 0.1) is 17.2 Å². The van der Waals surface area contributed by atoms with Gasteiger partial charge >= 0.3 is 5.97 Å². The van der Waals surface area contributed by atoms with Crippen molar-refractivity contribution in [2.45, 2.75) is 44.8 Å². The average Bonchev–Trinajstić information content (AvgIpc) is 3.45. The van der Waals surface area contributed by atoms with E-state index in [2.05, 4.69) is 31.0 Å². The van der Waals surface area contributed by atoms with Crippen LogP contribution in [-0.2, 0) is 16.9 Å². The summed E-state index contributed by atoms with van der Waals surface area (Å²) in [4.78, 5) is 28.3. The predicted octanol–water partition coefficient (Wildman–Crippen LogP) is 6.55. The maximum atomic E-state index is 16.2. The zero-order valence-electron chi connectivity index (χ0n) is 23.7. The summed E-state index contributed by atoms with van der Waals surface area (Å²) < 4.78 is 24.4. The molecule has 0 saturated carbocycles. The van der Waals surface area contributed by atoms with Gasteiger partial charge in [-0.05, 0) is 47.4 Å². The zero-order chi connectivity index (χ0) is 30.4. The molecule has 3 aromatic carbocycles. The van der Waals surface area contributed by atoms with Crippen LogP contribution in [0.5, 0.6) is 5.88 Å². The van der Waals surface area contributed by atoms with E-state index >= 15 is 4.39 Å². The molecular weight excluding hydrogens is 594 g/mol. The van der Waals surface area contributed by atoms with Crippen LogP contribution in [0.15, 0.2) is 54.6 Å². The van der Waals surface area contributed by atoms with E-state index in [-0.39, 0.29) is 40.5 Å². The summed E-state index contributed by atoms with van der Waals surface area (Å²) >= 11 is 12.7. The van der Waals surface area contributed by atoms with Gasteiger partial charge in [0.25, 0.3) is 0 Å². The van der Waals surface area contributed by atoms with Gasteiger partial charge in [-0.2, -0.15) is 5.10 Å². The highest BCUT2D eigenvalue weighted by atomic mass is 35.5. The van der Waals surface area contributed by atoms with Gasteiger partial charge in [0, 0.05) is 41.2 Å². The Balaban J connectivity index is 1.48. The average molecular weight is 624 g/mol. The van der Waals surface area contributed by atoms with Crippen LogP contribution in [0.25, 0.3) is 10.9 Å². The number of halogens is 3. The van der Waals surface area contributed by atoms with Crippen molar-refractivity contribution in [1.82, 2.24) is 14.7 Å². The summed E-state index contributed by atoms with van der Waals surface area (Å²) in [5.41, 5.74) is 0.717. The largest absolute Gasteiger partial charge is 0.478 e. The molecule has 8 nitrogen and oxygen atoms in total. The van der Waals surface area contributed by atoms with E-state index in [9.17, 15) is 14.7 Å². The molecule has 4 heterocycles. The van der Waals surface area contributed by atoms with Crippen LogP contribution >= 0.6 is 23.2 Å². The minimum Gasteiger partial charge on any atom is -0.478 e. The quantitative estimate of drug-likeness (QED) is 0.269. The van der Waals surface area contributed by atoms with E-state index in [1.54, 1.807) is 35.0 Å². The summed E-state index contributed by atoms with van der Waals surface area (Å²) in [6, 6.07) is 14.7. The number of carboxylic acid groups (broad SMARTS) is 1. The number of carbonyl (C=O) groups is 2. The number of hydrogen-bond donors (Lipinski definition) is 2. The van der Waals surface area contributed by atoms with Crippen molar-refractivity contribution < 1.29 is 23.8 Å². The van der Waals surface area contributed by atoms with Crippen molar-refractivity contribution in [3.8, 4) is 5.88 Å². The Hall–Kier alpha value is -3.66. The highest BCUT2D eigenvalue weighted by Gasteiger charge is 2.68. The molecule has 4 aromatic rings. The molecule has 1 spiro atoms. The number of anilines is 1. The van der Waals surface area contributed by atoms with Crippen molar-refractivity contribution in [3.63, 3.8) is 0 Å². The second kappa shape index (κ2) is 9.67. The third-order valence-corrected chi connectivity index (χ3v) is 9.41. The van der Waals surface area contributed by atoms with Crippen LogP contribution in [0.2, 0.25) is 10.0 Å². The number of hydrogen-bond acceptors (Lipinski definition) is 5. The van der Waals surface area contributed by atoms with Crippen LogP contribution in [0.3, 0.4) is 0 Å². The van der Waals surface area contributed by atoms with E-state index in [4.69, 9.17) is 33.0 Å². The summed E-state index contributed by atoms with van der Waals surface area (Å²) in [5.74, 6) is -2.40. The van der Waals surface area contributed by atoms with Gasteiger partial charge in [-0.25, -0.2) is 13.9 Å². The van der Waals surface area contributed by atoms with Gasteiger partial charge in [-0.1, -0.05) is 62.2 Å². The molecule has 0 bridgehead atoms. The maximum Gasteiger partial charge on any atom is 0.335 e. The number of aromatic nitrogens is 2. The molecule has 1 aromatic heterocycles. The van der Waals surface area contributed by atoms with Crippen LogP contribution in [0.4, 0.5) is 10.1 Å². The van der Waals surface area contributed by atoms with Crippen LogP contribution < -0.4 is 10.1 Å². The maximum absolute atomic E-state index is 16.2. The fourth-order valence-corrected chi connectivity index (χ4v) is 7.74. The van der Waals surface area contributed by atoms with Crippen molar-refractivity contribution >= 4 is 51.7 Å². The number of nitrogens with zero attached hydrogens (tertiary/aromatic N) is 3. The van der Waals surface area contributed by atoms with Gasteiger partial charge in [0.05, 0.1) is 27.5 Å². The Morgan fingerprint density at radius 1 is 1.19 bits per heavy atom. The molecule has 43 heavy (non-hydrogen) atoms. The first-order valence-electron chi connectivity index (χ1n) is 14.1. The lowest BCUT2D eigenvalue weighted by Crippen LogP contribution is -2.55. The summed E-state index contributed by atoms with van der Waals surface area (Å²) in [6.45, 7) is 7.33. The molecular formula is C32H29Cl2FN4O4. The zero-order valence-corrected chi connectivity index (χ0v) is 25.2. The molecule has 2 N–H and O–H groups in total. The second-order valence-electron chi connectivity index (χ2n) is 12.8. The molecule has 11 heteroatoms. The fourth-order valence-electron chi connectivity index (χ4n) is 7.38. The van der Waals surface area contributed by atoms with Gasteiger partial charge < -0.3 is 15.2 Å². The lowest BCUT2D eigenvalue weighted by molar-refractivity contribution is -0.129. The first-order valence-corrected chi connectivity index (χ1v) is 14.8. The molecule has 1 fully saturated rings. The van der Waals surface area contributed by atoms with E-state index < -0.39 is 23.2 Å². The molecule has 4 atom stereocenters. The Kier molecular flexibility index (Phi) is 6.33. The van der Waals surface area contributed by atoms with Crippen molar-refractivity contribution in [2.24, 2.45) is 11.3 Å². The molecule has 0 radical (unpaired) electrons. The molecule has 3 aliphatic heterocycles. The standard InChI is InChI=1S/C32H29Cl2FN4O4/c1-31(2,3)15-38-25-14-43-28-18-9-7-16(29(40)41)11-23(18)37-39(28)13-20(25)26(19-5-4-6-22(34)27(19)35)32(38)21-10-8-17(33)12-24(21)36-30(32)42/h4-12,20,25-26H,13-15H2,1-3H3,(H,36,42)(H,40,41)/t20-,25+,26+,32-/m1/s1. The van der Waals surface area contributed by atoms with Gasteiger partial charge in [-0.15, -0.1) is 0 Å². The van der Waals surface area contributed by atoms with E-state index in [1.807, 2.05) is 6.07 Å². The molecule has 7 rings (SSSR count). The topological polar surface area (TPSA) is 96.7 Å². The number of fused-ring (bicyclic) bond motifs is 6. The molecule has 1 saturated heterocycles.